The van der Waals surface area contributed by atoms with Crippen LogP contribution >= 0.6 is 0 Å². The predicted molar refractivity (Wildman–Crippen MR) is 314 cm³/mol. The van der Waals surface area contributed by atoms with Crippen molar-refractivity contribution in [3.63, 3.8) is 0 Å². The smallest absolute Gasteiger partial charge is 0.164 e. The van der Waals surface area contributed by atoms with Gasteiger partial charge in [0.05, 0.1) is 39.6 Å². The number of nitrogens with one attached hydrogen (secondary N) is 2. The molecule has 5 heterocycles. The topological polar surface area (TPSA) is 164 Å². The van der Waals surface area contributed by atoms with Crippen LogP contribution in [0.25, 0.3) is 102 Å². The van der Waals surface area contributed by atoms with Gasteiger partial charge in [-0.25, -0.2) is 29.9 Å². The Morgan fingerprint density at radius 2 is 0.628 bits per heavy atom. The first kappa shape index (κ1) is 53.4. The van der Waals surface area contributed by atoms with E-state index in [1.165, 1.54) is 0 Å². The van der Waals surface area contributed by atoms with Crippen molar-refractivity contribution < 1.29 is 28.4 Å². The van der Waals surface area contributed by atoms with E-state index in [0.29, 0.717) is 120 Å². The molecule has 404 valence electrons. The highest BCUT2D eigenvalue weighted by atomic mass is 16.5. The summed E-state index contributed by atoms with van der Waals surface area (Å²) in [6.45, 7) is 16.1. The van der Waals surface area contributed by atoms with Crippen LogP contribution in [-0.4, -0.2) is 79.5 Å². The van der Waals surface area contributed by atoms with Crippen LogP contribution in [0, 0.1) is 0 Å². The lowest BCUT2D eigenvalue weighted by Crippen LogP contribution is -2.03. The molecule has 78 heavy (non-hydrogen) atoms. The minimum Gasteiger partial charge on any atom is -0.490 e. The molecular weight excluding hydrogens is 977 g/mol. The van der Waals surface area contributed by atoms with Gasteiger partial charge in [0, 0.05) is 43.8 Å². The standard InChI is InChI=1S/C64H72N8O6/c1-7-13-28-73-51-35-45-46(36-52(51)74-29-14-8-2)61-68-59(45)66-57-43-27-26-42(25-24-41-22-20-19-21-23-41)34-44(43)58(65-57)67-60-47-37-53(75-30-15-9-3)54(76-31-16-10-4)38-48(47)62(69-60)71-64-50-40-56(78-33-18-12-6)55(77-32-17-11-5)39-49(50)63(70-61)72-64/h19-27,34-40H,7-18,28-33H2,1-6H3,(H2,65,66,67,68,69,70,71,72)/b25-24+. The molecule has 2 N–H and O–H groups in total. The molecule has 0 atom stereocenters. The third-order valence-corrected chi connectivity index (χ3v) is 13.8. The lowest BCUT2D eigenvalue weighted by atomic mass is 10.0. The number of aromatic amines is 2. The molecule has 0 amide bonds. The van der Waals surface area contributed by atoms with Crippen LogP contribution in [0.1, 0.15) is 130 Å². The Kier molecular flexibility index (Phi) is 17.4. The Morgan fingerprint density at radius 3 is 0.974 bits per heavy atom. The number of H-pyrrole nitrogens is 2. The minimum atomic E-state index is 0.438. The van der Waals surface area contributed by atoms with Crippen LogP contribution in [-0.2, 0) is 0 Å². The van der Waals surface area contributed by atoms with Gasteiger partial charge < -0.3 is 38.4 Å². The number of rotatable bonds is 26. The molecule has 8 bridgehead atoms. The van der Waals surface area contributed by atoms with Crippen molar-refractivity contribution in [2.45, 2.75) is 119 Å². The van der Waals surface area contributed by atoms with Crippen molar-refractivity contribution in [3.05, 3.63) is 96.1 Å². The Bertz CT molecular complexity index is 3590. The molecule has 0 aliphatic carbocycles. The summed E-state index contributed by atoms with van der Waals surface area (Å²) in [6.07, 6.45) is 15.5. The van der Waals surface area contributed by atoms with E-state index in [0.717, 1.165) is 132 Å². The van der Waals surface area contributed by atoms with E-state index in [9.17, 15) is 0 Å². The lowest BCUT2D eigenvalue weighted by Gasteiger charge is -2.14. The Morgan fingerprint density at radius 1 is 0.321 bits per heavy atom. The molecule has 14 heteroatoms. The molecule has 5 aromatic carbocycles. The van der Waals surface area contributed by atoms with Crippen LogP contribution < -0.4 is 28.4 Å². The molecule has 10 rings (SSSR count). The van der Waals surface area contributed by atoms with Crippen molar-refractivity contribution in [1.29, 1.82) is 0 Å². The van der Waals surface area contributed by atoms with E-state index in [-0.39, 0.29) is 0 Å². The van der Waals surface area contributed by atoms with Gasteiger partial charge in [-0.15, -0.1) is 0 Å². The highest BCUT2D eigenvalue weighted by Gasteiger charge is 2.27. The summed E-state index contributed by atoms with van der Waals surface area (Å²) in [5, 5.41) is 3.13. The van der Waals surface area contributed by atoms with Crippen molar-refractivity contribution >= 4 is 56.3 Å². The van der Waals surface area contributed by atoms with Gasteiger partial charge in [-0.05, 0) is 98.2 Å². The second kappa shape index (κ2) is 25.4. The van der Waals surface area contributed by atoms with Gasteiger partial charge >= 0.3 is 0 Å². The summed E-state index contributed by atoms with van der Waals surface area (Å²) in [7, 11) is 0. The van der Waals surface area contributed by atoms with Crippen molar-refractivity contribution in [1.82, 2.24) is 39.9 Å². The maximum absolute atomic E-state index is 6.51. The Balaban J connectivity index is 1.30. The molecule has 0 radical (unpaired) electrons. The van der Waals surface area contributed by atoms with Gasteiger partial charge in [-0.2, -0.15) is 0 Å². The highest BCUT2D eigenvalue weighted by Crippen LogP contribution is 2.45. The van der Waals surface area contributed by atoms with Crippen molar-refractivity contribution in [2.75, 3.05) is 39.6 Å². The number of aromatic nitrogens is 8. The first-order valence-electron chi connectivity index (χ1n) is 28.4. The van der Waals surface area contributed by atoms with Crippen molar-refractivity contribution in [2.24, 2.45) is 0 Å². The van der Waals surface area contributed by atoms with E-state index in [2.05, 4.69) is 94.0 Å². The number of nitrogens with zero attached hydrogens (tertiary/aromatic N) is 6. The number of unbranched alkanes of at least 4 members (excludes halogenated alkanes) is 6. The summed E-state index contributed by atoms with van der Waals surface area (Å²) in [6, 6.07) is 28.6. The Labute approximate surface area is 457 Å². The molecule has 2 aliphatic rings. The summed E-state index contributed by atoms with van der Waals surface area (Å²) in [5.41, 5.74) is 7.37. The lowest BCUT2D eigenvalue weighted by molar-refractivity contribution is 0.262. The van der Waals surface area contributed by atoms with Gasteiger partial charge in [0.2, 0.25) is 0 Å². The minimum absolute atomic E-state index is 0.438. The molecule has 0 spiro atoms. The van der Waals surface area contributed by atoms with Crippen LogP contribution in [0.15, 0.2) is 84.9 Å². The molecule has 3 aromatic heterocycles. The summed E-state index contributed by atoms with van der Waals surface area (Å²) < 4.78 is 39.1. The van der Waals surface area contributed by atoms with Crippen LogP contribution in [0.5, 0.6) is 34.5 Å². The SMILES string of the molecule is CCCCOc1cc2c(cc1OCCCC)-c1nc-2nc2[nH]c(nc3nc(nc4[nH]c(n1)c1cc(OCCCC)c(OCCCC)cc41)-c1cc(/C=C/c4ccccc4)ccc1-3)c1cc(OCCCC)c(OCCCC)cc21. The Hall–Kier alpha value is -8.00. The van der Waals surface area contributed by atoms with E-state index in [1.807, 2.05) is 54.6 Å². The zero-order chi connectivity index (χ0) is 53.8. The third-order valence-electron chi connectivity index (χ3n) is 13.8. The summed E-state index contributed by atoms with van der Waals surface area (Å²) >= 11 is 0. The number of fused-ring (bicyclic) bond motifs is 20. The maximum Gasteiger partial charge on any atom is 0.164 e. The fourth-order valence-electron chi connectivity index (χ4n) is 9.32. The first-order valence-corrected chi connectivity index (χ1v) is 28.4. The third kappa shape index (κ3) is 11.9. The zero-order valence-corrected chi connectivity index (χ0v) is 46.1. The van der Waals surface area contributed by atoms with Crippen molar-refractivity contribution in [3.8, 4) is 80.0 Å². The van der Waals surface area contributed by atoms with Gasteiger partial charge in [0.25, 0.3) is 0 Å². The highest BCUT2D eigenvalue weighted by molar-refractivity contribution is 6.08. The zero-order valence-electron chi connectivity index (χ0n) is 46.1. The number of hydrogen-bond donors (Lipinski definition) is 2. The van der Waals surface area contributed by atoms with Gasteiger partial charge in [0.1, 0.15) is 22.6 Å². The molecule has 0 unspecified atom stereocenters. The molecule has 0 saturated heterocycles. The van der Waals surface area contributed by atoms with Gasteiger partial charge in [-0.1, -0.05) is 129 Å². The van der Waals surface area contributed by atoms with Crippen LogP contribution in [0.4, 0.5) is 0 Å². The normalized spacial score (nSPS) is 11.8. The van der Waals surface area contributed by atoms with Gasteiger partial charge in [0.15, 0.2) is 57.8 Å². The number of hydrogen-bond acceptors (Lipinski definition) is 12. The molecule has 0 saturated carbocycles. The quantitative estimate of drug-likeness (QED) is 0.0390. The molecule has 14 nitrogen and oxygen atoms in total. The molecule has 8 aromatic rings. The monoisotopic (exact) mass is 1050 g/mol. The predicted octanol–water partition coefficient (Wildman–Crippen LogP) is 16.1. The van der Waals surface area contributed by atoms with E-state index >= 15 is 0 Å². The largest absolute Gasteiger partial charge is 0.490 e. The number of ether oxygens (including phenoxy) is 6. The summed E-state index contributed by atoms with van der Waals surface area (Å²) in [5.74, 6) is 5.64. The van der Waals surface area contributed by atoms with E-state index in [4.69, 9.17) is 58.3 Å². The van der Waals surface area contributed by atoms with Crippen LogP contribution in [0.3, 0.4) is 0 Å². The fraction of sp³-hybridized carbons (Fsp3) is 0.375. The van der Waals surface area contributed by atoms with Crippen LogP contribution in [0.2, 0.25) is 0 Å². The fourth-order valence-corrected chi connectivity index (χ4v) is 9.32. The second-order valence-corrected chi connectivity index (χ2v) is 19.9. The summed E-state index contributed by atoms with van der Waals surface area (Å²) in [4.78, 5) is 39.6. The maximum atomic E-state index is 6.51. The number of benzene rings is 5. The molecular formula is C64H72N8O6. The first-order chi connectivity index (χ1) is 38.4. The van der Waals surface area contributed by atoms with Gasteiger partial charge in [-0.3, -0.25) is 0 Å². The average molecular weight is 1050 g/mol. The second-order valence-electron chi connectivity index (χ2n) is 19.9. The van der Waals surface area contributed by atoms with E-state index < -0.39 is 0 Å². The molecule has 0 fully saturated rings. The average Bonchev–Trinajstić information content (AvgIpc) is 4.24. The molecule has 2 aliphatic heterocycles. The van der Waals surface area contributed by atoms with E-state index in [1.54, 1.807) is 0 Å².